The fraction of sp³-hybridized carbons (Fsp3) is 0.381. The van der Waals surface area contributed by atoms with Gasteiger partial charge >= 0.3 is 5.91 Å². The van der Waals surface area contributed by atoms with Crippen LogP contribution in [0.5, 0.6) is 0 Å². The molecule has 1 unspecified atom stereocenters. The fourth-order valence-electron chi connectivity index (χ4n) is 3.40. The molecule has 0 aliphatic carbocycles. The summed E-state index contributed by atoms with van der Waals surface area (Å²) in [6.07, 6.45) is 4.00. The first-order valence-corrected chi connectivity index (χ1v) is 9.09. The van der Waals surface area contributed by atoms with E-state index in [9.17, 15) is 9.59 Å². The molecule has 1 atom stereocenters. The summed E-state index contributed by atoms with van der Waals surface area (Å²) in [6.45, 7) is 4.79. The highest BCUT2D eigenvalue weighted by molar-refractivity contribution is 5.97. The molecule has 0 radical (unpaired) electrons. The van der Waals surface area contributed by atoms with Crippen molar-refractivity contribution in [2.75, 3.05) is 20.6 Å². The van der Waals surface area contributed by atoms with Crippen LogP contribution in [0.15, 0.2) is 30.3 Å². The van der Waals surface area contributed by atoms with Gasteiger partial charge in [0.15, 0.2) is 18.5 Å². The van der Waals surface area contributed by atoms with Gasteiger partial charge in [0.1, 0.15) is 0 Å². The van der Waals surface area contributed by atoms with E-state index in [2.05, 4.69) is 11.9 Å². The van der Waals surface area contributed by atoms with Crippen molar-refractivity contribution in [2.45, 2.75) is 32.6 Å². The Morgan fingerprint density at radius 1 is 1.27 bits per heavy atom. The van der Waals surface area contributed by atoms with Crippen molar-refractivity contribution >= 4 is 18.0 Å². The van der Waals surface area contributed by atoms with Gasteiger partial charge < -0.3 is 9.88 Å². The number of fused-ring (bicyclic) bond motifs is 1. The van der Waals surface area contributed by atoms with Gasteiger partial charge in [0.2, 0.25) is 0 Å². The van der Waals surface area contributed by atoms with Gasteiger partial charge in [-0.25, -0.2) is 4.79 Å². The minimum Gasteiger partial charge on any atom is -0.350 e. The number of nitrogens with one attached hydrogen (secondary N) is 1. The molecule has 2 aromatic rings. The normalized spacial score (nSPS) is 16.2. The van der Waals surface area contributed by atoms with Crippen LogP contribution in [0, 0.1) is 6.92 Å². The average Bonchev–Trinajstić information content (AvgIpc) is 3.02. The van der Waals surface area contributed by atoms with Crippen LogP contribution >= 0.6 is 0 Å². The summed E-state index contributed by atoms with van der Waals surface area (Å²) in [4.78, 5) is 29.9. The fourth-order valence-corrected chi connectivity index (χ4v) is 3.40. The van der Waals surface area contributed by atoms with Crippen molar-refractivity contribution in [3.63, 3.8) is 0 Å². The van der Waals surface area contributed by atoms with Crippen LogP contribution in [0.1, 0.15) is 63.4 Å². The molecule has 1 aromatic carbocycles. The molecule has 2 amide bonds. The zero-order valence-electron chi connectivity index (χ0n) is 15.9. The summed E-state index contributed by atoms with van der Waals surface area (Å²) < 4.78 is 1.81. The second-order valence-electron chi connectivity index (χ2n) is 7.09. The molecule has 0 spiro atoms. The Morgan fingerprint density at radius 3 is 2.73 bits per heavy atom. The number of unbranched alkanes of at least 4 members (excludes halogenated alkanes) is 1. The maximum absolute atomic E-state index is 12.8. The summed E-state index contributed by atoms with van der Waals surface area (Å²) >= 11 is 0. The monoisotopic (exact) mass is 352 g/mol. The molecule has 1 aliphatic rings. The van der Waals surface area contributed by atoms with Gasteiger partial charge in [-0.1, -0.05) is 25.5 Å². The van der Waals surface area contributed by atoms with Crippen molar-refractivity contribution in [3.05, 3.63) is 58.4 Å². The molecule has 1 N–H and O–H groups in total. The largest absolute Gasteiger partial charge is 0.435 e. The number of carbonyl (C=O) groups excluding carboxylic acids is 2. The summed E-state index contributed by atoms with van der Waals surface area (Å²) in [5, 5.41) is 0. The second-order valence-corrected chi connectivity index (χ2v) is 7.09. The Labute approximate surface area is 154 Å². The highest BCUT2D eigenvalue weighted by Crippen LogP contribution is 2.31. The van der Waals surface area contributed by atoms with Crippen LogP contribution in [-0.2, 0) is 0 Å². The molecule has 2 heterocycles. The van der Waals surface area contributed by atoms with E-state index in [1.165, 1.54) is 0 Å². The maximum Gasteiger partial charge on any atom is 0.435 e. The highest BCUT2D eigenvalue weighted by atomic mass is 16.2. The summed E-state index contributed by atoms with van der Waals surface area (Å²) in [6, 6.07) is 9.73. The van der Waals surface area contributed by atoms with E-state index in [0.29, 0.717) is 17.8 Å². The van der Waals surface area contributed by atoms with Crippen LogP contribution in [-0.4, -0.2) is 53.1 Å². The zero-order valence-corrected chi connectivity index (χ0v) is 15.9. The van der Waals surface area contributed by atoms with Crippen LogP contribution in [0.3, 0.4) is 0 Å². The van der Waals surface area contributed by atoms with Crippen LogP contribution in [0.2, 0.25) is 0 Å². The number of hydrogen-bond donors (Lipinski definition) is 1. The number of H-pyrrole nitrogens is 1. The molecule has 0 saturated carbocycles. The van der Waals surface area contributed by atoms with E-state index < -0.39 is 0 Å². The Balaban J connectivity index is 2.06. The lowest BCUT2D eigenvalue weighted by atomic mass is 9.88. The molecule has 0 bridgehead atoms. The topological polar surface area (TPSA) is 56.2 Å². The van der Waals surface area contributed by atoms with Gasteiger partial charge in [0.05, 0.1) is 5.92 Å². The molecule has 136 valence electrons. The molecule has 0 fully saturated rings. The number of hydrogen-bond acceptors (Lipinski definition) is 2. The minimum atomic E-state index is -0.0422. The van der Waals surface area contributed by atoms with Gasteiger partial charge in [-0.15, -0.1) is 0 Å². The van der Waals surface area contributed by atoms with E-state index >= 15 is 0 Å². The third kappa shape index (κ3) is 3.34. The van der Waals surface area contributed by atoms with E-state index in [1.54, 1.807) is 19.0 Å². The molecular formula is C21H26N3O2+. The predicted molar refractivity (Wildman–Crippen MR) is 102 cm³/mol. The molecule has 5 nitrogen and oxygen atoms in total. The summed E-state index contributed by atoms with van der Waals surface area (Å²) in [5.74, 6) is -0.0372. The number of rotatable bonds is 5. The van der Waals surface area contributed by atoms with Gasteiger partial charge in [-0.05, 0) is 30.7 Å². The van der Waals surface area contributed by atoms with E-state index in [-0.39, 0.29) is 17.7 Å². The van der Waals surface area contributed by atoms with Crippen LogP contribution in [0.4, 0.5) is 0 Å². The minimum absolute atomic E-state index is 0.0213. The number of aryl methyl sites for hydroxylation is 1. The molecular weight excluding hydrogens is 326 g/mol. The van der Waals surface area contributed by atoms with Crippen LogP contribution in [0.25, 0.3) is 0 Å². The van der Waals surface area contributed by atoms with Crippen molar-refractivity contribution in [3.8, 4) is 0 Å². The van der Waals surface area contributed by atoms with Crippen LogP contribution < -0.4 is 0 Å². The molecule has 1 aromatic heterocycles. The quantitative estimate of drug-likeness (QED) is 0.840. The molecule has 1 aliphatic heterocycles. The van der Waals surface area contributed by atoms with E-state index in [0.717, 1.165) is 29.7 Å². The van der Waals surface area contributed by atoms with Gasteiger partial charge in [-0.3, -0.25) is 4.79 Å². The van der Waals surface area contributed by atoms with Gasteiger partial charge in [-0.2, -0.15) is 4.58 Å². The first kappa shape index (κ1) is 18.1. The Bertz CT molecular complexity index is 877. The van der Waals surface area contributed by atoms with E-state index in [1.807, 2.05) is 48.0 Å². The number of benzene rings is 1. The Morgan fingerprint density at radius 2 is 2.04 bits per heavy atom. The Hall–Kier alpha value is -2.69. The predicted octanol–water partition coefficient (Wildman–Crippen LogP) is 3.19. The van der Waals surface area contributed by atoms with Crippen molar-refractivity contribution in [1.82, 2.24) is 9.88 Å². The first-order valence-electron chi connectivity index (χ1n) is 9.09. The van der Waals surface area contributed by atoms with Crippen molar-refractivity contribution in [1.29, 1.82) is 0 Å². The summed E-state index contributed by atoms with van der Waals surface area (Å²) in [7, 11) is 3.50. The number of nitrogens with zero attached hydrogens (tertiary/aromatic N) is 2. The van der Waals surface area contributed by atoms with Gasteiger partial charge in [0, 0.05) is 37.3 Å². The van der Waals surface area contributed by atoms with Crippen molar-refractivity contribution < 1.29 is 14.2 Å². The standard InChI is InChI=1S/C21H25N3O2/c1-5-6-10-24-13-18(17-11-14(2)22-19(17)21(24)26)15-8-7-9-16(12-15)20(25)23(3)4/h7-9,11-13,18H,5-6,10H2,1-4H3/p+1. The zero-order chi connectivity index (χ0) is 18.8. The Kier molecular flexibility index (Phi) is 5.07. The molecule has 5 heteroatoms. The molecule has 3 rings (SSSR count). The van der Waals surface area contributed by atoms with E-state index in [4.69, 9.17) is 0 Å². The number of carbonyl (C=O) groups is 2. The lowest BCUT2D eigenvalue weighted by Gasteiger charge is -2.18. The first-order chi connectivity index (χ1) is 12.4. The number of aromatic nitrogens is 1. The average molecular weight is 352 g/mol. The molecule has 0 saturated heterocycles. The third-order valence-electron chi connectivity index (χ3n) is 4.77. The molecule has 26 heavy (non-hydrogen) atoms. The number of aromatic amines is 1. The maximum atomic E-state index is 12.8. The number of amides is 2. The SMILES string of the molecule is CCCC[N+]1=CC(c2cccc(C(=O)N(C)C)c2)c2cc(C)[nH]c2C1=O. The smallest absolute Gasteiger partial charge is 0.350 e. The lowest BCUT2D eigenvalue weighted by molar-refractivity contribution is -0.427. The third-order valence-corrected chi connectivity index (χ3v) is 4.77. The second kappa shape index (κ2) is 7.28. The highest BCUT2D eigenvalue weighted by Gasteiger charge is 2.35. The van der Waals surface area contributed by atoms with Crippen molar-refractivity contribution in [2.24, 2.45) is 0 Å². The lowest BCUT2D eigenvalue weighted by Crippen LogP contribution is -2.31. The van der Waals surface area contributed by atoms with Gasteiger partial charge in [0.25, 0.3) is 5.91 Å². The summed E-state index contributed by atoms with van der Waals surface area (Å²) in [5.41, 5.74) is 4.29.